The quantitative estimate of drug-likeness (QED) is 0.600. The molecule has 0 aromatic carbocycles. The van der Waals surface area contributed by atoms with Crippen molar-refractivity contribution >= 4 is 26.6 Å². The highest BCUT2D eigenvalue weighted by molar-refractivity contribution is 8.11. The van der Waals surface area contributed by atoms with Crippen LogP contribution in [0.1, 0.15) is 0 Å². The molecule has 2 rings (SSSR count). The molecule has 0 saturated carbocycles. The Morgan fingerprint density at radius 2 is 2.07 bits per heavy atom. The molecule has 5 nitrogen and oxygen atoms in total. The van der Waals surface area contributed by atoms with E-state index in [9.17, 15) is 8.42 Å². The van der Waals surface area contributed by atoms with Gasteiger partial charge in [-0.25, -0.2) is 13.4 Å². The Balaban J connectivity index is 2.22. The summed E-state index contributed by atoms with van der Waals surface area (Å²) in [5, 5.41) is 0.0470. The van der Waals surface area contributed by atoms with Crippen molar-refractivity contribution in [1.29, 1.82) is 0 Å². The van der Waals surface area contributed by atoms with Gasteiger partial charge in [0.05, 0.1) is 19.4 Å². The number of aliphatic imine (C=N–C) groups is 1. The number of amidine groups is 1. The molecular formula is C7H9ClN2O3S. The Morgan fingerprint density at radius 1 is 1.43 bits per heavy atom. The van der Waals surface area contributed by atoms with Gasteiger partial charge in [0.2, 0.25) is 5.17 Å². The Morgan fingerprint density at radius 3 is 2.57 bits per heavy atom. The van der Waals surface area contributed by atoms with Crippen LogP contribution in [-0.4, -0.2) is 44.8 Å². The topological polar surface area (TPSA) is 59.0 Å². The summed E-state index contributed by atoms with van der Waals surface area (Å²) in [5.41, 5.74) is 0. The van der Waals surface area contributed by atoms with E-state index in [4.69, 9.17) is 16.3 Å². The van der Waals surface area contributed by atoms with E-state index in [1.165, 1.54) is 6.20 Å². The minimum atomic E-state index is -3.52. The van der Waals surface area contributed by atoms with Gasteiger partial charge >= 0.3 is 0 Å². The molecule has 14 heavy (non-hydrogen) atoms. The Kier molecular flexibility index (Phi) is 2.50. The van der Waals surface area contributed by atoms with Gasteiger partial charge in [-0.2, -0.15) is 0 Å². The first-order valence-corrected chi connectivity index (χ1v) is 6.00. The molecule has 0 aromatic rings. The minimum absolute atomic E-state index is 0.0470. The van der Waals surface area contributed by atoms with Gasteiger partial charge in [-0.05, 0) is 0 Å². The third-order valence-electron chi connectivity index (χ3n) is 2.06. The number of nitrogens with zero attached hydrogens (tertiary/aromatic N) is 2. The van der Waals surface area contributed by atoms with Gasteiger partial charge in [-0.1, -0.05) is 11.6 Å². The average molecular weight is 237 g/mol. The van der Waals surface area contributed by atoms with E-state index in [0.717, 1.165) is 0 Å². The predicted octanol–water partition coefficient (Wildman–Crippen LogP) is 0.141. The summed E-state index contributed by atoms with van der Waals surface area (Å²) >= 11 is 5.52. The summed E-state index contributed by atoms with van der Waals surface area (Å²) in [4.78, 5) is 5.47. The smallest absolute Gasteiger partial charge is 0.252 e. The zero-order valence-corrected chi connectivity index (χ0v) is 8.88. The summed E-state index contributed by atoms with van der Waals surface area (Å²) < 4.78 is 28.1. The van der Waals surface area contributed by atoms with Crippen LogP contribution < -0.4 is 0 Å². The first kappa shape index (κ1) is 9.95. The number of halogens is 1. The molecule has 0 aromatic heterocycles. The summed E-state index contributed by atoms with van der Waals surface area (Å²) in [6.45, 7) is 2.12. The zero-order valence-electron chi connectivity index (χ0n) is 7.31. The van der Waals surface area contributed by atoms with Crippen molar-refractivity contribution in [2.24, 2.45) is 4.99 Å². The van der Waals surface area contributed by atoms with E-state index in [0.29, 0.717) is 26.3 Å². The molecule has 0 atom stereocenters. The number of rotatable bonds is 0. The Labute approximate surface area is 86.9 Å². The van der Waals surface area contributed by atoms with Gasteiger partial charge in [0.15, 0.2) is 4.36 Å². The van der Waals surface area contributed by atoms with Gasteiger partial charge in [-0.15, -0.1) is 0 Å². The molecule has 1 saturated heterocycles. The first-order valence-electron chi connectivity index (χ1n) is 4.13. The van der Waals surface area contributed by atoms with Crippen LogP contribution in [0.2, 0.25) is 0 Å². The first-order chi connectivity index (χ1) is 6.62. The maximum Gasteiger partial charge on any atom is 0.252 e. The van der Waals surface area contributed by atoms with Crippen LogP contribution in [0, 0.1) is 0 Å². The molecule has 2 heterocycles. The van der Waals surface area contributed by atoms with E-state index in [1.54, 1.807) is 4.90 Å². The summed E-state index contributed by atoms with van der Waals surface area (Å²) in [7, 11) is -3.52. The zero-order chi connectivity index (χ0) is 10.2. The molecular weight excluding hydrogens is 228 g/mol. The molecule has 0 radical (unpaired) electrons. The number of ether oxygens (including phenoxy) is 1. The second-order valence-electron chi connectivity index (χ2n) is 2.95. The van der Waals surface area contributed by atoms with Crippen molar-refractivity contribution in [3.8, 4) is 0 Å². The van der Waals surface area contributed by atoms with E-state index >= 15 is 0 Å². The third-order valence-corrected chi connectivity index (χ3v) is 4.23. The largest absolute Gasteiger partial charge is 0.378 e. The minimum Gasteiger partial charge on any atom is -0.378 e. The highest BCUT2D eigenvalue weighted by Crippen LogP contribution is 2.22. The van der Waals surface area contributed by atoms with Crippen LogP contribution >= 0.6 is 11.6 Å². The molecule has 0 aliphatic carbocycles. The molecule has 1 fully saturated rings. The molecule has 2 aliphatic rings. The molecule has 0 unspecified atom stereocenters. The lowest BCUT2D eigenvalue weighted by Gasteiger charge is -2.27. The standard InChI is InChI=1S/C7H9ClN2O3S/c8-6-5-9-7(14(6,11)12)10-1-3-13-4-2-10/h5H,1-4H2. The average Bonchev–Trinajstić information content (AvgIpc) is 2.44. The maximum atomic E-state index is 11.6. The van der Waals surface area contributed by atoms with E-state index in [1.807, 2.05) is 0 Å². The van der Waals surface area contributed by atoms with E-state index < -0.39 is 9.84 Å². The number of sulfone groups is 1. The highest BCUT2D eigenvalue weighted by atomic mass is 35.5. The van der Waals surface area contributed by atoms with Crippen molar-refractivity contribution < 1.29 is 13.2 Å². The van der Waals surface area contributed by atoms with Gasteiger partial charge < -0.3 is 9.64 Å². The number of hydrogen-bond donors (Lipinski definition) is 0. The van der Waals surface area contributed by atoms with Crippen LogP contribution in [-0.2, 0) is 14.6 Å². The second-order valence-corrected chi connectivity index (χ2v) is 5.39. The van der Waals surface area contributed by atoms with Crippen LogP contribution in [0.4, 0.5) is 0 Å². The molecule has 2 aliphatic heterocycles. The van der Waals surface area contributed by atoms with Crippen molar-refractivity contribution in [3.63, 3.8) is 0 Å². The van der Waals surface area contributed by atoms with Gasteiger partial charge in [0.25, 0.3) is 9.84 Å². The van der Waals surface area contributed by atoms with Crippen molar-refractivity contribution in [2.45, 2.75) is 0 Å². The van der Waals surface area contributed by atoms with Crippen LogP contribution in [0.15, 0.2) is 15.6 Å². The van der Waals surface area contributed by atoms with Crippen molar-refractivity contribution in [2.75, 3.05) is 26.3 Å². The summed E-state index contributed by atoms with van der Waals surface area (Å²) in [6, 6.07) is 0. The molecule has 0 N–H and O–H groups in total. The highest BCUT2D eigenvalue weighted by Gasteiger charge is 2.33. The Hall–Kier alpha value is -0.590. The van der Waals surface area contributed by atoms with Crippen molar-refractivity contribution in [1.82, 2.24) is 4.90 Å². The number of morpholine rings is 1. The molecule has 0 spiro atoms. The SMILES string of the molecule is O=S1(=O)C(Cl)=CN=C1N1CCOCC1. The Bertz CT molecular complexity index is 395. The fourth-order valence-corrected chi connectivity index (χ4v) is 2.67. The van der Waals surface area contributed by atoms with Gasteiger partial charge in [0, 0.05) is 13.1 Å². The van der Waals surface area contributed by atoms with Crippen LogP contribution in [0.3, 0.4) is 0 Å². The lowest BCUT2D eigenvalue weighted by atomic mass is 10.5. The van der Waals surface area contributed by atoms with Crippen LogP contribution in [0.5, 0.6) is 0 Å². The lowest BCUT2D eigenvalue weighted by molar-refractivity contribution is 0.0692. The predicted molar refractivity (Wildman–Crippen MR) is 52.7 cm³/mol. The summed E-state index contributed by atoms with van der Waals surface area (Å²) in [5.74, 6) is 0. The van der Waals surface area contributed by atoms with Gasteiger partial charge in [0.1, 0.15) is 0 Å². The van der Waals surface area contributed by atoms with Crippen LogP contribution in [0.25, 0.3) is 0 Å². The molecule has 7 heteroatoms. The molecule has 0 bridgehead atoms. The van der Waals surface area contributed by atoms with E-state index in [2.05, 4.69) is 4.99 Å². The lowest BCUT2D eigenvalue weighted by Crippen LogP contribution is -2.43. The van der Waals surface area contributed by atoms with E-state index in [-0.39, 0.29) is 9.53 Å². The van der Waals surface area contributed by atoms with Crippen molar-refractivity contribution in [3.05, 3.63) is 10.6 Å². The normalized spacial score (nSPS) is 25.9. The fourth-order valence-electron chi connectivity index (χ4n) is 1.34. The third kappa shape index (κ3) is 1.53. The molecule has 0 amide bonds. The van der Waals surface area contributed by atoms with Gasteiger partial charge in [-0.3, -0.25) is 0 Å². The molecule has 78 valence electrons. The fraction of sp³-hybridized carbons (Fsp3) is 0.571. The monoisotopic (exact) mass is 236 g/mol. The second kappa shape index (κ2) is 3.52. The maximum absolute atomic E-state index is 11.6. The summed E-state index contributed by atoms with van der Waals surface area (Å²) in [6.07, 6.45) is 1.17. The number of hydrogen-bond acceptors (Lipinski definition) is 5.